The first-order chi connectivity index (χ1) is 9.18. The summed E-state index contributed by atoms with van der Waals surface area (Å²) in [7, 11) is -3.92. The van der Waals surface area contributed by atoms with Crippen LogP contribution >= 0.6 is 15.9 Å². The van der Waals surface area contributed by atoms with Crippen molar-refractivity contribution in [2.75, 3.05) is 5.33 Å². The molecule has 0 aromatic carbocycles. The molecule has 0 aromatic heterocycles. The fraction of sp³-hybridized carbons (Fsp3) is 0.917. The van der Waals surface area contributed by atoms with E-state index < -0.39 is 21.8 Å². The zero-order valence-electron chi connectivity index (χ0n) is 12.1. The van der Waals surface area contributed by atoms with Crippen LogP contribution in [0.25, 0.3) is 0 Å². The van der Waals surface area contributed by atoms with E-state index in [1.54, 1.807) is 13.8 Å². The largest absolute Gasteiger partial charge is 0.446 e. The highest BCUT2D eigenvalue weighted by Gasteiger charge is 2.38. The van der Waals surface area contributed by atoms with Crippen molar-refractivity contribution in [2.24, 2.45) is 5.92 Å². The third kappa shape index (κ3) is 5.57. The highest BCUT2D eigenvalue weighted by molar-refractivity contribution is 9.09. The molecule has 0 heterocycles. The van der Waals surface area contributed by atoms with E-state index >= 15 is 0 Å². The van der Waals surface area contributed by atoms with Gasteiger partial charge in [-0.1, -0.05) is 35.7 Å². The first-order valence-corrected chi connectivity index (χ1v) is 9.37. The van der Waals surface area contributed by atoms with Gasteiger partial charge in [0.1, 0.15) is 0 Å². The van der Waals surface area contributed by atoms with E-state index in [0.717, 1.165) is 25.7 Å². The van der Waals surface area contributed by atoms with Crippen LogP contribution in [0, 0.1) is 5.92 Å². The maximum absolute atomic E-state index is 12.0. The average molecular weight is 371 g/mol. The van der Waals surface area contributed by atoms with Gasteiger partial charge < -0.3 is 4.74 Å². The van der Waals surface area contributed by atoms with E-state index in [-0.39, 0.29) is 6.10 Å². The summed E-state index contributed by atoms with van der Waals surface area (Å²) in [4.78, 5) is 11.4. The molecule has 0 bridgehead atoms. The highest BCUT2D eigenvalue weighted by Crippen LogP contribution is 2.34. The number of nitrogens with one attached hydrogen (secondary N) is 2. The van der Waals surface area contributed by atoms with Gasteiger partial charge in [-0.3, -0.25) is 0 Å². The van der Waals surface area contributed by atoms with Crippen molar-refractivity contribution in [1.29, 1.82) is 0 Å². The molecular weight excluding hydrogens is 348 g/mol. The Hall–Kier alpha value is -0.340. The third-order valence-electron chi connectivity index (χ3n) is 3.26. The Labute approximate surface area is 129 Å². The van der Waals surface area contributed by atoms with Crippen molar-refractivity contribution in [3.63, 3.8) is 0 Å². The highest BCUT2D eigenvalue weighted by atomic mass is 79.9. The fourth-order valence-corrected chi connectivity index (χ4v) is 4.54. The Morgan fingerprint density at radius 1 is 1.50 bits per heavy atom. The van der Waals surface area contributed by atoms with Gasteiger partial charge in [0.25, 0.3) is 0 Å². The molecule has 1 aliphatic rings. The molecule has 0 saturated heterocycles. The van der Waals surface area contributed by atoms with Gasteiger partial charge in [0, 0.05) is 10.9 Å². The summed E-state index contributed by atoms with van der Waals surface area (Å²) in [6, 6.07) is 0. The average Bonchev–Trinajstić information content (AvgIpc) is 2.25. The number of alkyl halides is 1. The Kier molecular flexibility index (Phi) is 6.27. The van der Waals surface area contributed by atoms with Crippen LogP contribution in [-0.2, 0) is 14.9 Å². The number of carbonyl (C=O) groups is 1. The van der Waals surface area contributed by atoms with Gasteiger partial charge in [0.15, 0.2) is 0 Å². The smallest absolute Gasteiger partial charge is 0.422 e. The van der Waals surface area contributed by atoms with E-state index in [0.29, 0.717) is 11.2 Å². The zero-order chi connectivity index (χ0) is 15.4. The number of rotatable bonds is 5. The fourth-order valence-electron chi connectivity index (χ4n) is 2.56. The Balaban J connectivity index is 2.70. The summed E-state index contributed by atoms with van der Waals surface area (Å²) < 4.78 is 33.3. The van der Waals surface area contributed by atoms with Crippen molar-refractivity contribution < 1.29 is 17.9 Å². The van der Waals surface area contributed by atoms with Crippen molar-refractivity contribution in [3.8, 4) is 0 Å². The molecule has 8 heteroatoms. The Morgan fingerprint density at radius 2 is 2.15 bits per heavy atom. The predicted molar refractivity (Wildman–Crippen MR) is 81.0 cm³/mol. The SMILES string of the molecule is CC1CCCC(CBr)(NS(=O)(=O)NC(=O)OC(C)C)C1. The topological polar surface area (TPSA) is 84.5 Å². The lowest BCUT2D eigenvalue weighted by Gasteiger charge is -2.38. The second-order valence-electron chi connectivity index (χ2n) is 5.78. The van der Waals surface area contributed by atoms with Crippen LogP contribution in [0.3, 0.4) is 0 Å². The molecule has 1 fully saturated rings. The van der Waals surface area contributed by atoms with E-state index in [9.17, 15) is 13.2 Å². The summed E-state index contributed by atoms with van der Waals surface area (Å²) in [5.41, 5.74) is -0.540. The zero-order valence-corrected chi connectivity index (χ0v) is 14.5. The molecule has 20 heavy (non-hydrogen) atoms. The molecule has 0 radical (unpaired) electrons. The minimum Gasteiger partial charge on any atom is -0.446 e. The summed E-state index contributed by atoms with van der Waals surface area (Å²) in [6.45, 7) is 5.41. The normalized spacial score (nSPS) is 27.4. The number of hydrogen-bond donors (Lipinski definition) is 2. The second kappa shape index (κ2) is 7.09. The van der Waals surface area contributed by atoms with Crippen molar-refractivity contribution in [1.82, 2.24) is 9.44 Å². The lowest BCUT2D eigenvalue weighted by molar-refractivity contribution is 0.121. The van der Waals surface area contributed by atoms with Crippen LogP contribution in [0.15, 0.2) is 0 Å². The van der Waals surface area contributed by atoms with Gasteiger partial charge in [0.05, 0.1) is 6.10 Å². The van der Waals surface area contributed by atoms with Gasteiger partial charge >= 0.3 is 16.3 Å². The number of carbonyl (C=O) groups excluding carboxylic acids is 1. The first-order valence-electron chi connectivity index (χ1n) is 6.76. The third-order valence-corrected chi connectivity index (χ3v) is 5.47. The molecule has 1 saturated carbocycles. The van der Waals surface area contributed by atoms with Crippen LogP contribution in [0.5, 0.6) is 0 Å². The van der Waals surface area contributed by atoms with E-state index in [4.69, 9.17) is 4.74 Å². The van der Waals surface area contributed by atoms with Crippen LogP contribution in [0.4, 0.5) is 4.79 Å². The van der Waals surface area contributed by atoms with E-state index in [2.05, 4.69) is 27.6 Å². The lowest BCUT2D eigenvalue weighted by atomic mass is 9.78. The molecule has 0 aromatic rings. The van der Waals surface area contributed by atoms with Gasteiger partial charge in [0.2, 0.25) is 0 Å². The number of amides is 1. The van der Waals surface area contributed by atoms with E-state index in [1.807, 2.05) is 4.72 Å². The molecule has 2 N–H and O–H groups in total. The monoisotopic (exact) mass is 370 g/mol. The van der Waals surface area contributed by atoms with E-state index in [1.165, 1.54) is 0 Å². The number of hydrogen-bond acceptors (Lipinski definition) is 4. The van der Waals surface area contributed by atoms with Crippen LogP contribution in [0.2, 0.25) is 0 Å². The lowest BCUT2D eigenvalue weighted by Crippen LogP contribution is -2.56. The first kappa shape index (κ1) is 17.7. The second-order valence-corrected chi connectivity index (χ2v) is 7.75. The molecule has 118 valence electrons. The van der Waals surface area contributed by atoms with Crippen LogP contribution in [0.1, 0.15) is 46.5 Å². The maximum Gasteiger partial charge on any atom is 0.422 e. The Morgan fingerprint density at radius 3 is 2.65 bits per heavy atom. The van der Waals surface area contributed by atoms with Crippen molar-refractivity contribution >= 4 is 32.2 Å². The number of ether oxygens (including phenoxy) is 1. The Bertz CT molecular complexity index is 441. The molecule has 1 amide bonds. The summed E-state index contributed by atoms with van der Waals surface area (Å²) in [6.07, 6.45) is 2.23. The number of halogens is 1. The quantitative estimate of drug-likeness (QED) is 0.727. The predicted octanol–water partition coefficient (Wildman–Crippen LogP) is 2.30. The summed E-state index contributed by atoms with van der Waals surface area (Å²) >= 11 is 3.38. The molecule has 1 rings (SSSR count). The standard InChI is InChI=1S/C12H23BrN2O4S/c1-9(2)19-11(16)14-20(17,18)15-12(8-13)6-4-5-10(3)7-12/h9-10,15H,4-8H2,1-3H3,(H,14,16). The maximum atomic E-state index is 12.0. The molecule has 2 unspecified atom stereocenters. The molecular formula is C12H23BrN2O4S. The molecule has 6 nitrogen and oxygen atoms in total. The summed E-state index contributed by atoms with van der Waals surface area (Å²) in [5, 5.41) is 0.518. The van der Waals surface area contributed by atoms with Gasteiger partial charge in [-0.15, -0.1) is 0 Å². The van der Waals surface area contributed by atoms with Crippen LogP contribution < -0.4 is 9.44 Å². The van der Waals surface area contributed by atoms with Gasteiger partial charge in [-0.2, -0.15) is 13.1 Å². The van der Waals surface area contributed by atoms with Crippen molar-refractivity contribution in [3.05, 3.63) is 0 Å². The van der Waals surface area contributed by atoms with Gasteiger partial charge in [-0.05, 0) is 32.6 Å². The van der Waals surface area contributed by atoms with Gasteiger partial charge in [-0.25, -0.2) is 9.52 Å². The molecule has 0 spiro atoms. The minimum atomic E-state index is -3.92. The summed E-state index contributed by atoms with van der Waals surface area (Å²) in [5.74, 6) is 0.451. The molecule has 0 aliphatic heterocycles. The molecule has 1 aliphatic carbocycles. The van der Waals surface area contributed by atoms with Crippen LogP contribution in [-0.4, -0.2) is 31.5 Å². The molecule has 2 atom stereocenters. The minimum absolute atomic E-state index is 0.370. The van der Waals surface area contributed by atoms with Crippen molar-refractivity contribution in [2.45, 2.75) is 58.1 Å².